The third-order valence-electron chi connectivity index (χ3n) is 3.95. The third-order valence-corrected chi connectivity index (χ3v) is 3.95. The highest BCUT2D eigenvalue weighted by molar-refractivity contribution is 5.76. The summed E-state index contributed by atoms with van der Waals surface area (Å²) in [5, 5.41) is 2.57. The molecule has 2 atom stereocenters. The van der Waals surface area contributed by atoms with E-state index in [9.17, 15) is 18.0 Å². The molecule has 0 bridgehead atoms. The minimum atomic E-state index is -4.21. The summed E-state index contributed by atoms with van der Waals surface area (Å²) in [7, 11) is 0. The van der Waals surface area contributed by atoms with E-state index in [4.69, 9.17) is 0 Å². The van der Waals surface area contributed by atoms with Crippen LogP contribution in [0.2, 0.25) is 0 Å². The second kappa shape index (κ2) is 7.47. The number of nitrogens with zero attached hydrogens (tertiary/aromatic N) is 1. The molecule has 124 valence electrons. The fourth-order valence-electron chi connectivity index (χ4n) is 2.71. The molecule has 1 aliphatic heterocycles. The van der Waals surface area contributed by atoms with Gasteiger partial charge in [0.1, 0.15) is 0 Å². The molecule has 0 aliphatic carbocycles. The fraction of sp³-hybridized carbons (Fsp3) is 0.933. The molecule has 21 heavy (non-hydrogen) atoms. The number of carbonyl (C=O) groups is 1. The zero-order valence-electron chi connectivity index (χ0n) is 13.3. The lowest BCUT2D eigenvalue weighted by molar-refractivity contribution is -0.136. The smallest absolute Gasteiger partial charge is 0.341 e. The van der Waals surface area contributed by atoms with E-state index in [1.807, 2.05) is 13.8 Å². The minimum Gasteiger partial charge on any atom is -0.341 e. The summed E-state index contributed by atoms with van der Waals surface area (Å²) in [5.74, 6) is 0.920. The number of nitrogens with one attached hydrogen (secondary N) is 1. The van der Waals surface area contributed by atoms with Crippen molar-refractivity contribution in [1.29, 1.82) is 0 Å². The summed E-state index contributed by atoms with van der Waals surface area (Å²) >= 11 is 0. The van der Waals surface area contributed by atoms with Crippen LogP contribution in [0.5, 0.6) is 0 Å². The van der Waals surface area contributed by atoms with Gasteiger partial charge in [0, 0.05) is 25.6 Å². The molecule has 0 aromatic rings. The lowest BCUT2D eigenvalue weighted by atomic mass is 9.85. The van der Waals surface area contributed by atoms with E-state index in [-0.39, 0.29) is 23.8 Å². The highest BCUT2D eigenvalue weighted by Crippen LogP contribution is 2.25. The van der Waals surface area contributed by atoms with Gasteiger partial charge in [-0.05, 0) is 24.2 Å². The molecule has 6 heteroatoms. The van der Waals surface area contributed by atoms with E-state index >= 15 is 0 Å². The van der Waals surface area contributed by atoms with Crippen LogP contribution in [0.1, 0.15) is 40.5 Å². The molecule has 1 heterocycles. The number of likely N-dealkylation sites (tertiary alicyclic amines) is 1. The van der Waals surface area contributed by atoms with Crippen LogP contribution < -0.4 is 5.32 Å². The topological polar surface area (TPSA) is 32.3 Å². The van der Waals surface area contributed by atoms with Gasteiger partial charge in [-0.2, -0.15) is 13.2 Å². The maximum atomic E-state index is 12.4. The Hall–Kier alpha value is -0.780. The fourth-order valence-corrected chi connectivity index (χ4v) is 2.71. The summed E-state index contributed by atoms with van der Waals surface area (Å²) in [6.45, 7) is 8.11. The van der Waals surface area contributed by atoms with Gasteiger partial charge in [-0.3, -0.25) is 4.79 Å². The monoisotopic (exact) mass is 308 g/mol. The van der Waals surface area contributed by atoms with Gasteiger partial charge in [0.15, 0.2) is 0 Å². The van der Waals surface area contributed by atoms with Crippen molar-refractivity contribution in [2.24, 2.45) is 17.8 Å². The van der Waals surface area contributed by atoms with Crippen LogP contribution in [0, 0.1) is 17.8 Å². The van der Waals surface area contributed by atoms with Crippen molar-refractivity contribution in [1.82, 2.24) is 10.2 Å². The number of hydrogen-bond donors (Lipinski definition) is 1. The van der Waals surface area contributed by atoms with Gasteiger partial charge in [0.05, 0.1) is 6.54 Å². The zero-order chi connectivity index (χ0) is 16.2. The molecular formula is C15H27F3N2O. The van der Waals surface area contributed by atoms with Crippen molar-refractivity contribution >= 4 is 5.91 Å². The van der Waals surface area contributed by atoms with E-state index < -0.39 is 12.7 Å². The van der Waals surface area contributed by atoms with Gasteiger partial charge in [0.25, 0.3) is 0 Å². The van der Waals surface area contributed by atoms with Gasteiger partial charge in [-0.1, -0.05) is 27.7 Å². The van der Waals surface area contributed by atoms with Crippen molar-refractivity contribution in [2.45, 2.75) is 52.8 Å². The molecule has 1 rings (SSSR count). The second-order valence-electron chi connectivity index (χ2n) is 6.83. The zero-order valence-corrected chi connectivity index (χ0v) is 13.3. The van der Waals surface area contributed by atoms with Gasteiger partial charge in [-0.25, -0.2) is 0 Å². The van der Waals surface area contributed by atoms with Gasteiger partial charge in [0.2, 0.25) is 5.91 Å². The Balaban J connectivity index is 2.66. The van der Waals surface area contributed by atoms with Crippen molar-refractivity contribution in [2.75, 3.05) is 19.6 Å². The Kier molecular flexibility index (Phi) is 6.50. The summed E-state index contributed by atoms with van der Waals surface area (Å²) in [4.78, 5) is 13.9. The number of halogens is 3. The number of carbonyl (C=O) groups excluding carboxylic acids is 1. The van der Waals surface area contributed by atoms with Crippen LogP contribution in [0.15, 0.2) is 0 Å². The highest BCUT2D eigenvalue weighted by Gasteiger charge is 2.34. The Morgan fingerprint density at radius 3 is 2.33 bits per heavy atom. The van der Waals surface area contributed by atoms with Crippen LogP contribution in [0.25, 0.3) is 0 Å². The van der Waals surface area contributed by atoms with Crippen LogP contribution in [-0.4, -0.2) is 42.7 Å². The highest BCUT2D eigenvalue weighted by atomic mass is 19.4. The van der Waals surface area contributed by atoms with E-state index in [2.05, 4.69) is 19.2 Å². The SMILES string of the molecule is CC(C)CC(=O)N1CC(NCC(F)(F)F)CC(C(C)C)C1. The van der Waals surface area contributed by atoms with Crippen molar-refractivity contribution in [3.8, 4) is 0 Å². The quantitative estimate of drug-likeness (QED) is 0.846. The minimum absolute atomic E-state index is 0.0501. The Bertz CT molecular complexity index is 342. The van der Waals surface area contributed by atoms with Crippen LogP contribution >= 0.6 is 0 Å². The third kappa shape index (κ3) is 6.68. The Morgan fingerprint density at radius 1 is 1.24 bits per heavy atom. The molecule has 0 aromatic heterocycles. The van der Waals surface area contributed by atoms with Gasteiger partial charge < -0.3 is 10.2 Å². The van der Waals surface area contributed by atoms with E-state index in [1.54, 1.807) is 4.90 Å². The molecule has 1 N–H and O–H groups in total. The molecule has 1 saturated heterocycles. The first-order valence-electron chi connectivity index (χ1n) is 7.66. The number of hydrogen-bond acceptors (Lipinski definition) is 2. The summed E-state index contributed by atoms with van der Waals surface area (Å²) in [6.07, 6.45) is -3.06. The van der Waals surface area contributed by atoms with E-state index in [1.165, 1.54) is 0 Å². The number of piperidine rings is 1. The predicted octanol–water partition coefficient (Wildman–Crippen LogP) is 3.06. The molecule has 1 amide bonds. The van der Waals surface area contributed by atoms with Crippen molar-refractivity contribution in [3.05, 3.63) is 0 Å². The standard InChI is InChI=1S/C15H27F3N2O/c1-10(2)5-14(21)20-7-12(11(3)4)6-13(8-20)19-9-15(16,17)18/h10-13,19H,5-9H2,1-4H3. The molecule has 1 aliphatic rings. The van der Waals surface area contributed by atoms with Crippen molar-refractivity contribution in [3.63, 3.8) is 0 Å². The summed E-state index contributed by atoms with van der Waals surface area (Å²) < 4.78 is 37.1. The van der Waals surface area contributed by atoms with E-state index in [0.29, 0.717) is 31.8 Å². The molecule has 3 nitrogen and oxygen atoms in total. The van der Waals surface area contributed by atoms with Crippen LogP contribution in [0.3, 0.4) is 0 Å². The lowest BCUT2D eigenvalue weighted by Gasteiger charge is -2.40. The average molecular weight is 308 g/mol. The molecule has 0 aromatic carbocycles. The molecule has 0 radical (unpaired) electrons. The number of rotatable bonds is 5. The van der Waals surface area contributed by atoms with Crippen molar-refractivity contribution < 1.29 is 18.0 Å². The van der Waals surface area contributed by atoms with Crippen LogP contribution in [-0.2, 0) is 4.79 Å². The molecule has 1 fully saturated rings. The first-order valence-corrected chi connectivity index (χ1v) is 7.66. The molecular weight excluding hydrogens is 281 g/mol. The maximum Gasteiger partial charge on any atom is 0.401 e. The summed E-state index contributed by atoms with van der Waals surface area (Å²) in [6, 6.07) is -0.274. The summed E-state index contributed by atoms with van der Waals surface area (Å²) in [5.41, 5.74) is 0. The number of alkyl halides is 3. The Morgan fingerprint density at radius 2 is 1.86 bits per heavy atom. The first-order chi connectivity index (χ1) is 9.58. The second-order valence-corrected chi connectivity index (χ2v) is 6.83. The van der Waals surface area contributed by atoms with Gasteiger partial charge >= 0.3 is 6.18 Å². The van der Waals surface area contributed by atoms with Crippen LogP contribution in [0.4, 0.5) is 13.2 Å². The maximum absolute atomic E-state index is 12.4. The molecule has 0 saturated carbocycles. The average Bonchev–Trinajstić information content (AvgIpc) is 2.34. The van der Waals surface area contributed by atoms with E-state index in [0.717, 1.165) is 0 Å². The normalized spacial score (nSPS) is 24.0. The molecule has 0 spiro atoms. The molecule has 2 unspecified atom stereocenters. The predicted molar refractivity (Wildman–Crippen MR) is 76.8 cm³/mol. The van der Waals surface area contributed by atoms with Gasteiger partial charge in [-0.15, -0.1) is 0 Å². The lowest BCUT2D eigenvalue weighted by Crippen LogP contribution is -2.53. The largest absolute Gasteiger partial charge is 0.401 e. The number of amides is 1. The Labute approximate surface area is 125 Å². The first kappa shape index (κ1) is 18.3.